The van der Waals surface area contributed by atoms with Crippen LogP contribution in [0.15, 0.2) is 0 Å². The SMILES string of the molecule is CC(C)(CCO)N1C(=O)CC2(CCCCC2)C1=O. The number of hydrogen-bond donors (Lipinski definition) is 1. The molecule has 2 aliphatic rings. The summed E-state index contributed by atoms with van der Waals surface area (Å²) >= 11 is 0. The fraction of sp³-hybridized carbons (Fsp3) is 0.857. The van der Waals surface area contributed by atoms with Crippen molar-refractivity contribution in [3.05, 3.63) is 0 Å². The van der Waals surface area contributed by atoms with Crippen molar-refractivity contribution in [1.82, 2.24) is 4.90 Å². The fourth-order valence-electron chi connectivity index (χ4n) is 3.41. The lowest BCUT2D eigenvalue weighted by Crippen LogP contribution is -2.50. The van der Waals surface area contributed by atoms with E-state index in [2.05, 4.69) is 0 Å². The Hall–Kier alpha value is -0.900. The minimum atomic E-state index is -0.566. The molecule has 0 bridgehead atoms. The van der Waals surface area contributed by atoms with E-state index in [1.165, 1.54) is 11.3 Å². The molecule has 0 aromatic carbocycles. The van der Waals surface area contributed by atoms with Gasteiger partial charge in [-0.2, -0.15) is 0 Å². The van der Waals surface area contributed by atoms with E-state index in [4.69, 9.17) is 5.11 Å². The molecule has 1 spiro atoms. The van der Waals surface area contributed by atoms with Crippen molar-refractivity contribution in [3.8, 4) is 0 Å². The van der Waals surface area contributed by atoms with E-state index in [1.807, 2.05) is 13.8 Å². The Kier molecular flexibility index (Phi) is 3.49. The summed E-state index contributed by atoms with van der Waals surface area (Å²) in [6, 6.07) is 0. The standard InChI is InChI=1S/C14H23NO3/c1-13(2,8-9-16)15-11(17)10-14(12(15)18)6-4-3-5-7-14/h16H,3-10H2,1-2H3. The second kappa shape index (κ2) is 4.65. The van der Waals surface area contributed by atoms with Gasteiger partial charge in [0.15, 0.2) is 0 Å². The highest BCUT2D eigenvalue weighted by molar-refractivity contribution is 6.06. The molecule has 2 amide bonds. The molecule has 0 radical (unpaired) electrons. The van der Waals surface area contributed by atoms with Gasteiger partial charge in [-0.1, -0.05) is 19.3 Å². The largest absolute Gasteiger partial charge is 0.396 e. The second-order valence-electron chi connectivity index (χ2n) is 6.34. The van der Waals surface area contributed by atoms with Gasteiger partial charge in [-0.05, 0) is 33.1 Å². The van der Waals surface area contributed by atoms with Crippen LogP contribution < -0.4 is 0 Å². The summed E-state index contributed by atoms with van der Waals surface area (Å²) in [4.78, 5) is 26.3. The van der Waals surface area contributed by atoms with E-state index >= 15 is 0 Å². The number of carbonyl (C=O) groups is 2. The molecule has 2 rings (SSSR count). The first-order valence-electron chi connectivity index (χ1n) is 6.91. The van der Waals surface area contributed by atoms with Crippen molar-refractivity contribution in [1.29, 1.82) is 0 Å². The van der Waals surface area contributed by atoms with E-state index in [0.29, 0.717) is 12.8 Å². The minimum Gasteiger partial charge on any atom is -0.396 e. The van der Waals surface area contributed by atoms with Crippen LogP contribution in [0.4, 0.5) is 0 Å². The van der Waals surface area contributed by atoms with Gasteiger partial charge in [0.05, 0.1) is 5.41 Å². The fourth-order valence-corrected chi connectivity index (χ4v) is 3.41. The predicted molar refractivity (Wildman–Crippen MR) is 67.8 cm³/mol. The number of rotatable bonds is 3. The summed E-state index contributed by atoms with van der Waals surface area (Å²) in [5.74, 6) is -0.0500. The lowest BCUT2D eigenvalue weighted by molar-refractivity contribution is -0.148. The summed E-state index contributed by atoms with van der Waals surface area (Å²) in [6.45, 7) is 3.72. The predicted octanol–water partition coefficient (Wildman–Crippen LogP) is 1.86. The van der Waals surface area contributed by atoms with Gasteiger partial charge >= 0.3 is 0 Å². The molecule has 18 heavy (non-hydrogen) atoms. The van der Waals surface area contributed by atoms with Crippen LogP contribution in [0, 0.1) is 5.41 Å². The summed E-state index contributed by atoms with van der Waals surface area (Å²) < 4.78 is 0. The maximum absolute atomic E-state index is 12.6. The first kappa shape index (κ1) is 13.5. The lowest BCUT2D eigenvalue weighted by atomic mass is 9.73. The van der Waals surface area contributed by atoms with Crippen molar-refractivity contribution in [3.63, 3.8) is 0 Å². The molecular formula is C14H23NO3. The zero-order chi connectivity index (χ0) is 13.4. The van der Waals surface area contributed by atoms with E-state index < -0.39 is 11.0 Å². The van der Waals surface area contributed by atoms with Crippen LogP contribution in [-0.4, -0.2) is 34.0 Å². The van der Waals surface area contributed by atoms with Crippen LogP contribution >= 0.6 is 0 Å². The van der Waals surface area contributed by atoms with Gasteiger partial charge in [-0.15, -0.1) is 0 Å². The van der Waals surface area contributed by atoms with Crippen LogP contribution in [0.5, 0.6) is 0 Å². The monoisotopic (exact) mass is 253 g/mol. The smallest absolute Gasteiger partial charge is 0.236 e. The molecule has 1 aliphatic carbocycles. The van der Waals surface area contributed by atoms with Crippen LogP contribution in [0.25, 0.3) is 0 Å². The maximum atomic E-state index is 12.6. The number of hydrogen-bond acceptors (Lipinski definition) is 3. The molecule has 1 N–H and O–H groups in total. The molecule has 4 nitrogen and oxygen atoms in total. The number of nitrogens with zero attached hydrogens (tertiary/aromatic N) is 1. The van der Waals surface area contributed by atoms with Crippen molar-refractivity contribution in [2.24, 2.45) is 5.41 Å². The van der Waals surface area contributed by atoms with E-state index in [0.717, 1.165) is 25.7 Å². The summed E-state index contributed by atoms with van der Waals surface area (Å²) in [7, 11) is 0. The van der Waals surface area contributed by atoms with Gasteiger partial charge in [0.25, 0.3) is 0 Å². The molecule has 0 aromatic rings. The summed E-state index contributed by atoms with van der Waals surface area (Å²) in [5, 5.41) is 9.09. The molecule has 1 saturated carbocycles. The van der Waals surface area contributed by atoms with Crippen LogP contribution in [0.3, 0.4) is 0 Å². The van der Waals surface area contributed by atoms with Crippen LogP contribution in [0.2, 0.25) is 0 Å². The molecule has 4 heteroatoms. The van der Waals surface area contributed by atoms with Crippen molar-refractivity contribution >= 4 is 11.8 Å². The number of aliphatic hydroxyl groups excluding tert-OH is 1. The van der Waals surface area contributed by atoms with Gasteiger partial charge in [0, 0.05) is 18.6 Å². The zero-order valence-corrected chi connectivity index (χ0v) is 11.4. The van der Waals surface area contributed by atoms with Crippen LogP contribution in [0.1, 0.15) is 58.8 Å². The average molecular weight is 253 g/mol. The van der Waals surface area contributed by atoms with Crippen molar-refractivity contribution < 1.29 is 14.7 Å². The Morgan fingerprint density at radius 1 is 1.22 bits per heavy atom. The van der Waals surface area contributed by atoms with E-state index in [-0.39, 0.29) is 18.4 Å². The highest BCUT2D eigenvalue weighted by atomic mass is 16.3. The molecule has 102 valence electrons. The Labute approximate surface area is 108 Å². The lowest BCUT2D eigenvalue weighted by Gasteiger charge is -2.36. The highest BCUT2D eigenvalue weighted by Crippen LogP contribution is 2.47. The van der Waals surface area contributed by atoms with Crippen molar-refractivity contribution in [2.75, 3.05) is 6.61 Å². The van der Waals surface area contributed by atoms with Crippen LogP contribution in [-0.2, 0) is 9.59 Å². The molecule has 0 unspecified atom stereocenters. The first-order valence-corrected chi connectivity index (χ1v) is 6.91. The van der Waals surface area contributed by atoms with Gasteiger partial charge < -0.3 is 5.11 Å². The van der Waals surface area contributed by atoms with E-state index in [9.17, 15) is 9.59 Å². The molecule has 2 fully saturated rings. The number of likely N-dealkylation sites (tertiary alicyclic amines) is 1. The second-order valence-corrected chi connectivity index (χ2v) is 6.34. The van der Waals surface area contributed by atoms with Gasteiger partial charge in [0.1, 0.15) is 0 Å². The third-order valence-electron chi connectivity index (χ3n) is 4.54. The molecule has 0 aromatic heterocycles. The number of amides is 2. The molecule has 0 atom stereocenters. The minimum absolute atomic E-state index is 0.00292. The Morgan fingerprint density at radius 2 is 1.83 bits per heavy atom. The maximum Gasteiger partial charge on any atom is 0.236 e. The molecule has 1 saturated heterocycles. The van der Waals surface area contributed by atoms with E-state index in [1.54, 1.807) is 0 Å². The summed E-state index contributed by atoms with van der Waals surface area (Å²) in [5.41, 5.74) is -0.980. The Morgan fingerprint density at radius 3 is 2.39 bits per heavy atom. The Bertz CT molecular complexity index is 356. The third-order valence-corrected chi connectivity index (χ3v) is 4.54. The first-order chi connectivity index (χ1) is 8.43. The number of imide groups is 1. The Balaban J connectivity index is 2.24. The third kappa shape index (κ3) is 2.07. The van der Waals surface area contributed by atoms with Gasteiger partial charge in [-0.25, -0.2) is 0 Å². The molecule has 1 heterocycles. The topological polar surface area (TPSA) is 57.6 Å². The quantitative estimate of drug-likeness (QED) is 0.781. The molecular weight excluding hydrogens is 230 g/mol. The highest BCUT2D eigenvalue weighted by Gasteiger charge is 2.54. The molecule has 1 aliphatic heterocycles. The normalized spacial score (nSPS) is 24.1. The van der Waals surface area contributed by atoms with Gasteiger partial charge in [0.2, 0.25) is 11.8 Å². The summed E-state index contributed by atoms with van der Waals surface area (Å²) in [6.07, 6.45) is 5.79. The van der Waals surface area contributed by atoms with Gasteiger partial charge in [-0.3, -0.25) is 14.5 Å². The van der Waals surface area contributed by atoms with Crippen molar-refractivity contribution in [2.45, 2.75) is 64.3 Å². The average Bonchev–Trinajstić information content (AvgIpc) is 2.52. The number of carbonyl (C=O) groups excluding carboxylic acids is 2. The number of aliphatic hydroxyl groups is 1. The zero-order valence-electron chi connectivity index (χ0n) is 11.4.